The molecule has 46 heavy (non-hydrogen) atoms. The van der Waals surface area contributed by atoms with Crippen LogP contribution in [0.3, 0.4) is 0 Å². The molecule has 4 nitrogen and oxygen atoms in total. The minimum Gasteiger partial charge on any atom is -0.320 e. The van der Waals surface area contributed by atoms with Gasteiger partial charge in [-0.25, -0.2) is 0 Å². The molecule has 4 heterocycles. The zero-order valence-electron chi connectivity index (χ0n) is 25.4. The monoisotopic (exact) mass is 770 g/mol. The van der Waals surface area contributed by atoms with E-state index in [1.54, 1.807) is 0 Å². The number of hydrogen-bond donors (Lipinski definition) is 0. The second-order valence-corrected chi connectivity index (χ2v) is 10.8. The molecule has 0 spiro atoms. The zero-order valence-corrected chi connectivity index (χ0v) is 27.8. The van der Waals surface area contributed by atoms with Crippen LogP contribution in [-0.4, -0.2) is 19.5 Å². The Morgan fingerprint density at radius 2 is 1.20 bits per heavy atom. The Kier molecular flexibility index (Phi) is 9.25. The fourth-order valence-corrected chi connectivity index (χ4v) is 5.68. The topological polar surface area (TPSA) is 43.6 Å². The third-order valence-corrected chi connectivity index (χ3v) is 7.76. The van der Waals surface area contributed by atoms with E-state index in [-0.39, 0.29) is 20.1 Å². The summed E-state index contributed by atoms with van der Waals surface area (Å²) >= 11 is 0. The van der Waals surface area contributed by atoms with Crippen molar-refractivity contribution in [1.29, 1.82) is 0 Å². The summed E-state index contributed by atoms with van der Waals surface area (Å²) in [5, 5.41) is 2.41. The van der Waals surface area contributed by atoms with Crippen LogP contribution in [0.2, 0.25) is 0 Å². The molecule has 5 heteroatoms. The third kappa shape index (κ3) is 6.16. The van der Waals surface area contributed by atoms with E-state index in [4.69, 9.17) is 4.98 Å². The summed E-state index contributed by atoms with van der Waals surface area (Å²) in [5.41, 5.74) is 10.4. The molecule has 0 fully saturated rings. The third-order valence-electron chi connectivity index (χ3n) is 7.76. The minimum atomic E-state index is 0. The van der Waals surface area contributed by atoms with Crippen LogP contribution in [0.5, 0.6) is 0 Å². The average molecular weight is 770 g/mol. The zero-order chi connectivity index (χ0) is 30.6. The van der Waals surface area contributed by atoms with Crippen molar-refractivity contribution in [3.63, 3.8) is 0 Å². The molecule has 4 aromatic heterocycles. The number of aryl methyl sites for hydroxylation is 2. The van der Waals surface area contributed by atoms with E-state index in [2.05, 4.69) is 83.0 Å². The standard InChI is InChI=1S/C23H14N2.C18H15N2.Ir/c1-2-9-17(10-3-1)20-13-8-16-23(24-20)25-21-14-6-4-11-18(21)19-12-5-7-15-22(19)25;1-13-11-14(2)16(18-8-4-6-10-20-18)12-15(13)17-7-3-5-9-19-17;/h1-9,11-14,16H;3-11H,1-2H3;/q-2;-1;+3. The molecule has 0 amide bonds. The van der Waals surface area contributed by atoms with E-state index < -0.39 is 0 Å². The van der Waals surface area contributed by atoms with Gasteiger partial charge in [0.2, 0.25) is 0 Å². The predicted octanol–water partition coefficient (Wildman–Crippen LogP) is 9.67. The summed E-state index contributed by atoms with van der Waals surface area (Å²) in [6, 6.07) is 52.7. The van der Waals surface area contributed by atoms with Crippen LogP contribution in [0.4, 0.5) is 0 Å². The van der Waals surface area contributed by atoms with E-state index in [1.165, 1.54) is 21.9 Å². The maximum Gasteiger partial charge on any atom is 3.00 e. The molecule has 8 rings (SSSR count). The van der Waals surface area contributed by atoms with Crippen molar-refractivity contribution in [1.82, 2.24) is 19.5 Å². The predicted molar refractivity (Wildman–Crippen MR) is 183 cm³/mol. The molecule has 0 saturated carbocycles. The SMILES string of the molecule is Cc1cc(C)c(-c2ccccn2)[c-]c1-c1ccccn1.[Ir+3].[c-]1ccccc1-c1cccc(-n2c3[c-]cccc3c3ccccc32)n1. The van der Waals surface area contributed by atoms with Gasteiger partial charge in [-0.05, 0) is 35.3 Å². The Bertz CT molecular complexity index is 2110. The van der Waals surface area contributed by atoms with E-state index >= 15 is 0 Å². The summed E-state index contributed by atoms with van der Waals surface area (Å²) in [6.07, 6.45) is 3.62. The smallest absolute Gasteiger partial charge is 0.320 e. The minimum absolute atomic E-state index is 0. The van der Waals surface area contributed by atoms with E-state index in [0.29, 0.717) is 0 Å². The summed E-state index contributed by atoms with van der Waals surface area (Å²) in [6.45, 7) is 4.19. The Morgan fingerprint density at radius 1 is 0.565 bits per heavy atom. The molecule has 8 aromatic rings. The molecule has 4 aromatic carbocycles. The van der Waals surface area contributed by atoms with Gasteiger partial charge in [0, 0.05) is 29.3 Å². The molecule has 0 aliphatic carbocycles. The van der Waals surface area contributed by atoms with Crippen molar-refractivity contribution in [3.05, 3.63) is 169 Å². The van der Waals surface area contributed by atoms with Gasteiger partial charge >= 0.3 is 20.1 Å². The van der Waals surface area contributed by atoms with Gasteiger partial charge in [-0.15, -0.1) is 64.5 Å². The largest absolute Gasteiger partial charge is 3.00 e. The summed E-state index contributed by atoms with van der Waals surface area (Å²) < 4.78 is 2.18. The first kappa shape index (κ1) is 30.8. The molecule has 0 aliphatic heterocycles. The fraction of sp³-hybridized carbons (Fsp3) is 0.0488. The first-order valence-electron chi connectivity index (χ1n) is 14.9. The number of para-hydroxylation sites is 2. The number of benzene rings is 4. The maximum absolute atomic E-state index is 4.90. The Morgan fingerprint density at radius 3 is 1.87 bits per heavy atom. The van der Waals surface area contributed by atoms with Gasteiger partial charge in [0.25, 0.3) is 0 Å². The molecule has 0 radical (unpaired) electrons. The van der Waals surface area contributed by atoms with Crippen molar-refractivity contribution >= 4 is 21.8 Å². The number of nitrogens with zero attached hydrogens (tertiary/aromatic N) is 4. The number of rotatable bonds is 4. The van der Waals surface area contributed by atoms with Gasteiger partial charge in [0.15, 0.2) is 0 Å². The van der Waals surface area contributed by atoms with E-state index in [1.807, 2.05) is 103 Å². The molecule has 0 unspecified atom stereocenters. The van der Waals surface area contributed by atoms with Gasteiger partial charge in [0.1, 0.15) is 5.82 Å². The van der Waals surface area contributed by atoms with Crippen molar-refractivity contribution in [2.75, 3.05) is 0 Å². The van der Waals surface area contributed by atoms with Crippen molar-refractivity contribution in [2.45, 2.75) is 13.8 Å². The van der Waals surface area contributed by atoms with Crippen molar-refractivity contribution < 1.29 is 20.1 Å². The van der Waals surface area contributed by atoms with E-state index in [0.717, 1.165) is 50.6 Å². The van der Waals surface area contributed by atoms with Crippen LogP contribution in [-0.2, 0) is 20.1 Å². The summed E-state index contributed by atoms with van der Waals surface area (Å²) in [4.78, 5) is 13.7. The second-order valence-electron chi connectivity index (χ2n) is 10.8. The second kappa shape index (κ2) is 13.8. The Hall–Kier alpha value is -5.22. The molecule has 0 N–H and O–H groups in total. The molecule has 0 atom stereocenters. The first-order valence-corrected chi connectivity index (χ1v) is 14.9. The van der Waals surface area contributed by atoms with Crippen molar-refractivity contribution in [3.8, 4) is 39.6 Å². The van der Waals surface area contributed by atoms with Crippen LogP contribution in [0.25, 0.3) is 61.4 Å². The molecule has 0 bridgehead atoms. The Balaban J connectivity index is 0.000000162. The van der Waals surface area contributed by atoms with Crippen LogP contribution < -0.4 is 0 Å². The number of pyridine rings is 3. The molecule has 0 aliphatic rings. The maximum atomic E-state index is 4.90. The quantitative estimate of drug-likeness (QED) is 0.168. The number of aromatic nitrogens is 4. The van der Waals surface area contributed by atoms with Gasteiger partial charge in [-0.2, -0.15) is 24.3 Å². The summed E-state index contributed by atoms with van der Waals surface area (Å²) in [7, 11) is 0. The fourth-order valence-electron chi connectivity index (χ4n) is 5.68. The average Bonchev–Trinajstić information content (AvgIpc) is 3.44. The summed E-state index contributed by atoms with van der Waals surface area (Å²) in [5.74, 6) is 0.892. The normalized spacial score (nSPS) is 10.7. The van der Waals surface area contributed by atoms with Crippen LogP contribution in [0.15, 0.2) is 140 Å². The molecular weight excluding hydrogens is 741 g/mol. The van der Waals surface area contributed by atoms with Crippen LogP contribution >= 0.6 is 0 Å². The number of fused-ring (bicyclic) bond motifs is 3. The van der Waals surface area contributed by atoms with Gasteiger partial charge < -0.3 is 4.57 Å². The number of hydrogen-bond acceptors (Lipinski definition) is 3. The van der Waals surface area contributed by atoms with Crippen LogP contribution in [0, 0.1) is 32.0 Å². The molecule has 222 valence electrons. The molecule has 0 saturated heterocycles. The Labute approximate surface area is 282 Å². The van der Waals surface area contributed by atoms with Gasteiger partial charge in [-0.1, -0.05) is 85.1 Å². The molecular formula is C41H29IrN4. The van der Waals surface area contributed by atoms with Gasteiger partial charge in [0.05, 0.1) is 0 Å². The first-order chi connectivity index (χ1) is 22.2. The van der Waals surface area contributed by atoms with Crippen LogP contribution in [0.1, 0.15) is 11.1 Å². The van der Waals surface area contributed by atoms with Gasteiger partial charge in [-0.3, -0.25) is 15.0 Å². The van der Waals surface area contributed by atoms with E-state index in [9.17, 15) is 0 Å². The van der Waals surface area contributed by atoms with Crippen molar-refractivity contribution in [2.24, 2.45) is 0 Å².